The summed E-state index contributed by atoms with van der Waals surface area (Å²) in [6.07, 6.45) is 0. The van der Waals surface area contributed by atoms with E-state index < -0.39 is 21.8 Å². The van der Waals surface area contributed by atoms with Gasteiger partial charge in [0.05, 0.1) is 5.41 Å². The Balaban J connectivity index is 0. The van der Waals surface area contributed by atoms with Crippen LogP contribution in [-0.2, 0) is 19.4 Å². The predicted molar refractivity (Wildman–Crippen MR) is 44.2 cm³/mol. The average Bonchev–Trinajstić information content (AvgIpc) is 1.56. The molecule has 0 saturated heterocycles. The molecule has 68 valence electrons. The molecule has 0 bridgehead atoms. The van der Waals surface area contributed by atoms with Gasteiger partial charge in [-0.25, -0.2) is 0 Å². The summed E-state index contributed by atoms with van der Waals surface area (Å²) in [5, 5.41) is 0. The number of rotatable bonds is 1. The first-order valence-corrected chi connectivity index (χ1v) is 4.21. The Morgan fingerprint density at radius 2 is 1.67 bits per heavy atom. The van der Waals surface area contributed by atoms with Gasteiger partial charge in [-0.15, -0.1) is 0 Å². The van der Waals surface area contributed by atoms with E-state index in [1.165, 1.54) is 20.8 Å². The van der Waals surface area contributed by atoms with Gasteiger partial charge in [-0.2, -0.15) is 8.42 Å². The van der Waals surface area contributed by atoms with Crippen LogP contribution in [-0.4, -0.2) is 48.5 Å². The average molecular weight is 206 g/mol. The molecule has 0 rings (SSSR count). The Kier molecular flexibility index (Phi) is 5.67. The van der Waals surface area contributed by atoms with Crippen LogP contribution in [0.2, 0.25) is 0 Å². The SMILES string of the molecule is CC(C)(C)C(=O)OS(=O)(=O)O.[NaH]. The molecule has 0 spiro atoms. The molecule has 0 unspecified atom stereocenters. The zero-order chi connectivity index (χ0) is 9.28. The summed E-state index contributed by atoms with van der Waals surface area (Å²) in [4.78, 5) is 10.7. The van der Waals surface area contributed by atoms with Crippen molar-refractivity contribution in [3.63, 3.8) is 0 Å². The van der Waals surface area contributed by atoms with Gasteiger partial charge in [0.25, 0.3) is 0 Å². The van der Waals surface area contributed by atoms with Crippen molar-refractivity contribution in [3.8, 4) is 0 Å². The van der Waals surface area contributed by atoms with E-state index in [9.17, 15) is 13.2 Å². The Hall–Kier alpha value is 0.380. The van der Waals surface area contributed by atoms with Crippen LogP contribution in [0.3, 0.4) is 0 Å². The van der Waals surface area contributed by atoms with E-state index in [2.05, 4.69) is 4.18 Å². The summed E-state index contributed by atoms with van der Waals surface area (Å²) in [6.45, 7) is 4.42. The molecule has 0 aliphatic heterocycles. The van der Waals surface area contributed by atoms with Crippen LogP contribution in [0.15, 0.2) is 0 Å². The molecule has 1 N–H and O–H groups in total. The third kappa shape index (κ3) is 7.05. The maximum absolute atomic E-state index is 10.7. The normalized spacial score (nSPS) is 11.7. The summed E-state index contributed by atoms with van der Waals surface area (Å²) in [7, 11) is -4.66. The quantitative estimate of drug-likeness (QED) is 0.472. The first-order valence-electron chi connectivity index (χ1n) is 2.84. The summed E-state index contributed by atoms with van der Waals surface area (Å²) < 4.78 is 31.8. The first kappa shape index (κ1) is 14.9. The van der Waals surface area contributed by atoms with Crippen LogP contribution in [0.4, 0.5) is 0 Å². The van der Waals surface area contributed by atoms with Gasteiger partial charge in [-0.05, 0) is 20.8 Å². The molecule has 0 aromatic heterocycles. The second-order valence-electron chi connectivity index (χ2n) is 3.05. The standard InChI is InChI=1S/C5H10O5S.Na.H/c1-5(2,3)4(6)10-11(7,8)9;;/h1-3H3,(H,7,8,9);;. The van der Waals surface area contributed by atoms with E-state index in [1.54, 1.807) is 0 Å². The van der Waals surface area contributed by atoms with Crippen molar-refractivity contribution in [3.05, 3.63) is 0 Å². The van der Waals surface area contributed by atoms with E-state index in [0.29, 0.717) is 0 Å². The molecular formula is C5H11NaO5S. The third-order valence-corrected chi connectivity index (χ3v) is 1.16. The van der Waals surface area contributed by atoms with E-state index in [-0.39, 0.29) is 29.6 Å². The zero-order valence-corrected chi connectivity index (χ0v) is 7.30. The Morgan fingerprint density at radius 1 is 1.33 bits per heavy atom. The predicted octanol–water partition coefficient (Wildman–Crippen LogP) is -0.270. The minimum atomic E-state index is -4.66. The second-order valence-corrected chi connectivity index (χ2v) is 4.07. The van der Waals surface area contributed by atoms with Crippen molar-refractivity contribution >= 4 is 45.9 Å². The van der Waals surface area contributed by atoms with Gasteiger partial charge in [0.15, 0.2) is 0 Å². The monoisotopic (exact) mass is 206 g/mol. The van der Waals surface area contributed by atoms with Crippen molar-refractivity contribution in [1.29, 1.82) is 0 Å². The molecule has 0 amide bonds. The first-order chi connectivity index (χ1) is 4.63. The van der Waals surface area contributed by atoms with Crippen LogP contribution >= 0.6 is 0 Å². The van der Waals surface area contributed by atoms with Crippen LogP contribution in [0.1, 0.15) is 20.8 Å². The molecule has 0 saturated carbocycles. The van der Waals surface area contributed by atoms with Crippen molar-refractivity contribution in [2.45, 2.75) is 20.8 Å². The van der Waals surface area contributed by atoms with E-state index >= 15 is 0 Å². The fraction of sp³-hybridized carbons (Fsp3) is 0.800. The van der Waals surface area contributed by atoms with E-state index in [4.69, 9.17) is 4.55 Å². The molecule has 0 aliphatic carbocycles. The fourth-order valence-corrected chi connectivity index (χ4v) is 0.662. The second kappa shape index (κ2) is 4.57. The molecule has 0 aromatic rings. The van der Waals surface area contributed by atoms with Crippen LogP contribution in [0, 0.1) is 5.41 Å². The van der Waals surface area contributed by atoms with Gasteiger partial charge in [0.1, 0.15) is 0 Å². The topological polar surface area (TPSA) is 80.7 Å². The van der Waals surface area contributed by atoms with Crippen molar-refractivity contribution in [1.82, 2.24) is 0 Å². The zero-order valence-electron chi connectivity index (χ0n) is 6.49. The molecule has 5 nitrogen and oxygen atoms in total. The molecule has 0 atom stereocenters. The van der Waals surface area contributed by atoms with Crippen molar-refractivity contribution in [2.75, 3.05) is 0 Å². The molecule has 0 radical (unpaired) electrons. The van der Waals surface area contributed by atoms with Crippen LogP contribution < -0.4 is 0 Å². The summed E-state index contributed by atoms with van der Waals surface area (Å²) in [5.41, 5.74) is -0.935. The van der Waals surface area contributed by atoms with Gasteiger partial charge in [-0.1, -0.05) is 0 Å². The molecule has 7 heteroatoms. The van der Waals surface area contributed by atoms with Crippen molar-refractivity contribution < 1.29 is 21.9 Å². The van der Waals surface area contributed by atoms with Gasteiger partial charge in [0, 0.05) is 0 Å². The number of hydrogen-bond acceptors (Lipinski definition) is 4. The molecule has 0 heterocycles. The van der Waals surface area contributed by atoms with Gasteiger partial charge < -0.3 is 4.18 Å². The molecular weight excluding hydrogens is 195 g/mol. The maximum atomic E-state index is 10.7. The molecule has 0 fully saturated rings. The summed E-state index contributed by atoms with van der Waals surface area (Å²) in [6, 6.07) is 0. The van der Waals surface area contributed by atoms with Gasteiger partial charge in [-0.3, -0.25) is 9.35 Å². The minimum absolute atomic E-state index is 0. The number of hydrogen-bond donors (Lipinski definition) is 1. The van der Waals surface area contributed by atoms with Crippen LogP contribution in [0.25, 0.3) is 0 Å². The number of carbonyl (C=O) groups is 1. The Morgan fingerprint density at radius 3 is 1.75 bits per heavy atom. The number of carbonyl (C=O) groups excluding carboxylic acids is 1. The van der Waals surface area contributed by atoms with Crippen molar-refractivity contribution in [2.24, 2.45) is 5.41 Å². The molecule has 0 aromatic carbocycles. The third-order valence-electron chi connectivity index (χ3n) is 0.793. The van der Waals surface area contributed by atoms with E-state index in [1.807, 2.05) is 0 Å². The van der Waals surface area contributed by atoms with Gasteiger partial charge >= 0.3 is 45.9 Å². The molecule has 12 heavy (non-hydrogen) atoms. The fourth-order valence-electron chi connectivity index (χ4n) is 0.221. The summed E-state index contributed by atoms with van der Waals surface area (Å²) in [5.74, 6) is -0.986. The van der Waals surface area contributed by atoms with Crippen LogP contribution in [0.5, 0.6) is 0 Å². The Labute approximate surface area is 93.7 Å². The summed E-state index contributed by atoms with van der Waals surface area (Å²) >= 11 is 0. The van der Waals surface area contributed by atoms with E-state index in [0.717, 1.165) is 0 Å². The molecule has 0 aliphatic rings. The van der Waals surface area contributed by atoms with Gasteiger partial charge in [0.2, 0.25) is 0 Å². The Bertz CT molecular complexity index is 250.